The summed E-state index contributed by atoms with van der Waals surface area (Å²) in [5, 5.41) is 7.03. The zero-order valence-electron chi connectivity index (χ0n) is 8.81. The van der Waals surface area contributed by atoms with Crippen molar-refractivity contribution in [2.75, 3.05) is 19.6 Å². The molecule has 2 unspecified atom stereocenters. The number of rotatable bonds is 3. The fraction of sp³-hybridized carbons (Fsp3) is 0.455. The van der Waals surface area contributed by atoms with Crippen molar-refractivity contribution >= 4 is 15.9 Å². The molecule has 1 N–H and O–H groups in total. The molecule has 0 aliphatic carbocycles. The third-order valence-electron chi connectivity index (χ3n) is 3.02. The Balaban J connectivity index is 2.12. The van der Waals surface area contributed by atoms with Gasteiger partial charge in [-0.2, -0.15) is 0 Å². The SMILES string of the molecule is [N-]=[N+]=NCC1CNCC1c1ccc(Br)cc1. The van der Waals surface area contributed by atoms with E-state index in [1.165, 1.54) is 5.56 Å². The maximum absolute atomic E-state index is 8.35. The van der Waals surface area contributed by atoms with Crippen molar-refractivity contribution in [2.24, 2.45) is 11.0 Å². The summed E-state index contributed by atoms with van der Waals surface area (Å²) >= 11 is 3.43. The van der Waals surface area contributed by atoms with E-state index in [2.05, 4.69) is 55.5 Å². The first-order valence-electron chi connectivity index (χ1n) is 5.28. The summed E-state index contributed by atoms with van der Waals surface area (Å²) in [5.41, 5.74) is 9.66. The number of halogens is 1. The molecule has 1 aliphatic rings. The molecule has 1 fully saturated rings. The Morgan fingerprint density at radius 2 is 2.12 bits per heavy atom. The van der Waals surface area contributed by atoms with Crippen molar-refractivity contribution in [3.05, 3.63) is 44.7 Å². The van der Waals surface area contributed by atoms with E-state index in [9.17, 15) is 0 Å². The molecule has 16 heavy (non-hydrogen) atoms. The second-order valence-corrected chi connectivity index (χ2v) is 4.91. The van der Waals surface area contributed by atoms with Crippen molar-refractivity contribution in [3.63, 3.8) is 0 Å². The van der Waals surface area contributed by atoms with Gasteiger partial charge in [0, 0.05) is 28.4 Å². The minimum atomic E-state index is 0.414. The zero-order chi connectivity index (χ0) is 11.4. The molecule has 84 valence electrons. The third-order valence-corrected chi connectivity index (χ3v) is 3.55. The topological polar surface area (TPSA) is 60.8 Å². The van der Waals surface area contributed by atoms with Crippen LogP contribution in [-0.4, -0.2) is 19.6 Å². The van der Waals surface area contributed by atoms with Crippen molar-refractivity contribution < 1.29 is 0 Å². The highest BCUT2D eigenvalue weighted by Gasteiger charge is 2.27. The van der Waals surface area contributed by atoms with Gasteiger partial charge in [0.05, 0.1) is 0 Å². The predicted molar refractivity (Wildman–Crippen MR) is 67.3 cm³/mol. The Morgan fingerprint density at radius 3 is 2.81 bits per heavy atom. The van der Waals surface area contributed by atoms with Gasteiger partial charge in [-0.05, 0) is 35.7 Å². The van der Waals surface area contributed by atoms with Gasteiger partial charge in [-0.15, -0.1) is 0 Å². The average molecular weight is 281 g/mol. The van der Waals surface area contributed by atoms with Gasteiger partial charge in [0.25, 0.3) is 0 Å². The van der Waals surface area contributed by atoms with E-state index in [-0.39, 0.29) is 0 Å². The highest BCUT2D eigenvalue weighted by Crippen LogP contribution is 2.29. The molecule has 1 saturated heterocycles. The summed E-state index contributed by atoms with van der Waals surface area (Å²) in [4.78, 5) is 2.83. The van der Waals surface area contributed by atoms with Crippen LogP contribution in [0, 0.1) is 5.92 Å². The van der Waals surface area contributed by atoms with Crippen molar-refractivity contribution in [3.8, 4) is 0 Å². The molecule has 0 saturated carbocycles. The maximum atomic E-state index is 8.35. The van der Waals surface area contributed by atoms with Gasteiger partial charge in [-0.3, -0.25) is 0 Å². The van der Waals surface area contributed by atoms with E-state index in [1.54, 1.807) is 0 Å². The molecule has 1 aliphatic heterocycles. The maximum Gasteiger partial charge on any atom is 0.0304 e. The molecule has 1 heterocycles. The van der Waals surface area contributed by atoms with Crippen LogP contribution in [-0.2, 0) is 0 Å². The van der Waals surface area contributed by atoms with Gasteiger partial charge in [0.1, 0.15) is 0 Å². The standard InChI is InChI=1S/C11H13BrN4/c12-10-3-1-8(2-4-10)11-7-14-5-9(11)6-15-16-13/h1-4,9,11,14H,5-7H2. The lowest BCUT2D eigenvalue weighted by Gasteiger charge is -2.16. The van der Waals surface area contributed by atoms with Crippen molar-refractivity contribution in [2.45, 2.75) is 5.92 Å². The summed E-state index contributed by atoms with van der Waals surface area (Å²) in [6.07, 6.45) is 0. The monoisotopic (exact) mass is 280 g/mol. The fourth-order valence-electron chi connectivity index (χ4n) is 2.17. The van der Waals surface area contributed by atoms with Gasteiger partial charge in [-0.1, -0.05) is 33.2 Å². The minimum absolute atomic E-state index is 0.414. The summed E-state index contributed by atoms with van der Waals surface area (Å²) in [5.74, 6) is 0.871. The van der Waals surface area contributed by atoms with Crippen LogP contribution in [0.3, 0.4) is 0 Å². The molecule has 2 rings (SSSR count). The summed E-state index contributed by atoms with van der Waals surface area (Å²) in [7, 11) is 0. The lowest BCUT2D eigenvalue weighted by Crippen LogP contribution is -2.13. The van der Waals surface area contributed by atoms with Crippen LogP contribution in [0.1, 0.15) is 11.5 Å². The molecule has 2 atom stereocenters. The van der Waals surface area contributed by atoms with Crippen LogP contribution in [0.4, 0.5) is 0 Å². The van der Waals surface area contributed by atoms with E-state index in [0.717, 1.165) is 17.6 Å². The summed E-state index contributed by atoms with van der Waals surface area (Å²) in [6.45, 7) is 2.47. The second-order valence-electron chi connectivity index (χ2n) is 3.99. The predicted octanol–water partition coefficient (Wildman–Crippen LogP) is 3.06. The van der Waals surface area contributed by atoms with Gasteiger partial charge >= 0.3 is 0 Å². The van der Waals surface area contributed by atoms with E-state index in [4.69, 9.17) is 5.53 Å². The van der Waals surface area contributed by atoms with Crippen LogP contribution in [0.2, 0.25) is 0 Å². The second kappa shape index (κ2) is 5.34. The number of benzene rings is 1. The Kier molecular flexibility index (Phi) is 3.83. The summed E-state index contributed by atoms with van der Waals surface area (Å²) in [6, 6.07) is 8.37. The Bertz CT molecular complexity index is 397. The molecule has 0 aromatic heterocycles. The lowest BCUT2D eigenvalue weighted by molar-refractivity contribution is 0.530. The van der Waals surface area contributed by atoms with Gasteiger partial charge in [-0.25, -0.2) is 0 Å². The van der Waals surface area contributed by atoms with E-state index >= 15 is 0 Å². The average Bonchev–Trinajstić information content (AvgIpc) is 2.75. The van der Waals surface area contributed by atoms with Gasteiger partial charge in [0.15, 0.2) is 0 Å². The molecule has 1 aromatic carbocycles. The highest BCUT2D eigenvalue weighted by atomic mass is 79.9. The first-order valence-corrected chi connectivity index (χ1v) is 6.07. The Hall–Kier alpha value is -1.03. The molecule has 0 radical (unpaired) electrons. The van der Waals surface area contributed by atoms with Crippen molar-refractivity contribution in [1.29, 1.82) is 0 Å². The van der Waals surface area contributed by atoms with Crippen LogP contribution in [0.25, 0.3) is 10.4 Å². The third kappa shape index (κ3) is 2.55. The largest absolute Gasteiger partial charge is 0.316 e. The quantitative estimate of drug-likeness (QED) is 0.516. The van der Waals surface area contributed by atoms with E-state index in [0.29, 0.717) is 18.4 Å². The molecule has 4 nitrogen and oxygen atoms in total. The first-order chi connectivity index (χ1) is 7.81. The highest BCUT2D eigenvalue weighted by molar-refractivity contribution is 9.10. The normalized spacial score (nSPS) is 24.1. The van der Waals surface area contributed by atoms with Crippen LogP contribution in [0.15, 0.2) is 33.9 Å². The minimum Gasteiger partial charge on any atom is -0.316 e. The van der Waals surface area contributed by atoms with E-state index in [1.807, 2.05) is 0 Å². The number of azide groups is 1. The van der Waals surface area contributed by atoms with Gasteiger partial charge in [0.2, 0.25) is 0 Å². The molecule has 0 spiro atoms. The first kappa shape index (κ1) is 11.5. The molecule has 0 amide bonds. The van der Waals surface area contributed by atoms with E-state index < -0.39 is 0 Å². The van der Waals surface area contributed by atoms with Crippen LogP contribution >= 0.6 is 15.9 Å². The lowest BCUT2D eigenvalue weighted by atomic mass is 9.89. The van der Waals surface area contributed by atoms with Crippen molar-refractivity contribution in [1.82, 2.24) is 5.32 Å². The fourth-order valence-corrected chi connectivity index (χ4v) is 2.43. The van der Waals surface area contributed by atoms with Gasteiger partial charge < -0.3 is 5.32 Å². The number of nitrogens with one attached hydrogen (secondary N) is 1. The molecule has 0 bridgehead atoms. The molecule has 5 heteroatoms. The Labute approximate surface area is 103 Å². The molecular formula is C11H13BrN4. The zero-order valence-corrected chi connectivity index (χ0v) is 10.4. The summed E-state index contributed by atoms with van der Waals surface area (Å²) < 4.78 is 1.09. The van der Waals surface area contributed by atoms with Crippen LogP contribution < -0.4 is 5.32 Å². The smallest absolute Gasteiger partial charge is 0.0304 e. The number of hydrogen-bond donors (Lipinski definition) is 1. The number of hydrogen-bond acceptors (Lipinski definition) is 2. The molecule has 1 aromatic rings. The Morgan fingerprint density at radius 1 is 1.38 bits per heavy atom. The molecular weight excluding hydrogens is 268 g/mol. The van der Waals surface area contributed by atoms with Crippen LogP contribution in [0.5, 0.6) is 0 Å². The number of nitrogens with zero attached hydrogens (tertiary/aromatic N) is 3.